The number of hydrogen-bond donors (Lipinski definition) is 0. The van der Waals surface area contributed by atoms with Crippen LogP contribution in [0.2, 0.25) is 0 Å². The van der Waals surface area contributed by atoms with Crippen LogP contribution in [0, 0.1) is 6.57 Å². The van der Waals surface area contributed by atoms with Crippen molar-refractivity contribution in [3.63, 3.8) is 0 Å². The average molecular weight is 155 g/mol. The third-order valence-electron chi connectivity index (χ3n) is 1.87. The van der Waals surface area contributed by atoms with Crippen LogP contribution in [0.3, 0.4) is 0 Å². The van der Waals surface area contributed by atoms with E-state index in [2.05, 4.69) is 9.74 Å². The molecule has 11 heavy (non-hydrogen) atoms. The first-order valence-corrected chi connectivity index (χ1v) is 4.10. The molecule has 0 amide bonds. The molecule has 0 aromatic carbocycles. The first kappa shape index (κ1) is 8.51. The van der Waals surface area contributed by atoms with E-state index < -0.39 is 0 Å². The zero-order valence-corrected chi connectivity index (χ0v) is 6.83. The standard InChI is InChI=1S/C8H15N2O/c1-9-3-2-4-10-5-7-11-8-6-10/h1H,2-8H2/q+1. The summed E-state index contributed by atoms with van der Waals surface area (Å²) in [6.07, 6.45) is 1.07. The third-order valence-corrected chi connectivity index (χ3v) is 1.87. The maximum atomic E-state index is 5.22. The Kier molecular flexibility index (Phi) is 3.95. The maximum Gasteiger partial charge on any atom is 0.264 e. The zero-order chi connectivity index (χ0) is 7.94. The average Bonchev–Trinajstić information content (AvgIpc) is 2.07. The van der Waals surface area contributed by atoms with Gasteiger partial charge in [0.25, 0.3) is 13.1 Å². The molecule has 1 aliphatic heterocycles. The first-order chi connectivity index (χ1) is 5.43. The topological polar surface area (TPSA) is 16.8 Å². The predicted molar refractivity (Wildman–Crippen MR) is 45.0 cm³/mol. The van der Waals surface area contributed by atoms with E-state index in [-0.39, 0.29) is 0 Å². The van der Waals surface area contributed by atoms with E-state index in [1.807, 2.05) is 0 Å². The van der Waals surface area contributed by atoms with Crippen LogP contribution in [0.5, 0.6) is 0 Å². The van der Waals surface area contributed by atoms with Crippen molar-refractivity contribution in [2.45, 2.75) is 6.42 Å². The largest absolute Gasteiger partial charge is 0.379 e. The van der Waals surface area contributed by atoms with Crippen LogP contribution >= 0.6 is 0 Å². The van der Waals surface area contributed by atoms with Gasteiger partial charge in [-0.15, -0.1) is 0 Å². The van der Waals surface area contributed by atoms with Gasteiger partial charge in [0.15, 0.2) is 0 Å². The second-order valence-corrected chi connectivity index (χ2v) is 2.71. The van der Waals surface area contributed by atoms with E-state index in [4.69, 9.17) is 11.3 Å². The molecule has 0 saturated carbocycles. The fraction of sp³-hybridized carbons (Fsp3) is 0.875. The molecule has 0 aromatic heterocycles. The monoisotopic (exact) mass is 155 g/mol. The van der Waals surface area contributed by atoms with Crippen LogP contribution in [0.1, 0.15) is 6.42 Å². The van der Waals surface area contributed by atoms with Gasteiger partial charge in [-0.1, -0.05) is 4.85 Å². The minimum Gasteiger partial charge on any atom is -0.379 e. The summed E-state index contributed by atoms with van der Waals surface area (Å²) < 4.78 is 5.22. The van der Waals surface area contributed by atoms with Crippen molar-refractivity contribution in [2.24, 2.45) is 0 Å². The third kappa shape index (κ3) is 3.35. The van der Waals surface area contributed by atoms with Gasteiger partial charge in [-0.25, -0.2) is 0 Å². The first-order valence-electron chi connectivity index (χ1n) is 4.10. The van der Waals surface area contributed by atoms with Gasteiger partial charge < -0.3 is 4.74 Å². The Balaban J connectivity index is 2.01. The van der Waals surface area contributed by atoms with Gasteiger partial charge in [-0.2, -0.15) is 0 Å². The Morgan fingerprint density at radius 3 is 2.73 bits per heavy atom. The molecule has 1 fully saturated rings. The van der Waals surface area contributed by atoms with Gasteiger partial charge in [-0.05, 0) is 0 Å². The second-order valence-electron chi connectivity index (χ2n) is 2.71. The summed E-state index contributed by atoms with van der Waals surface area (Å²) in [6, 6.07) is 0. The Labute approximate surface area is 67.8 Å². The summed E-state index contributed by atoms with van der Waals surface area (Å²) in [7, 11) is 0. The second kappa shape index (κ2) is 5.11. The fourth-order valence-corrected chi connectivity index (χ4v) is 1.21. The van der Waals surface area contributed by atoms with Crippen molar-refractivity contribution in [1.82, 2.24) is 4.90 Å². The molecule has 0 bridgehead atoms. The van der Waals surface area contributed by atoms with E-state index in [0.29, 0.717) is 0 Å². The number of ether oxygens (including phenoxy) is 1. The van der Waals surface area contributed by atoms with Crippen LogP contribution in [0.25, 0.3) is 4.85 Å². The van der Waals surface area contributed by atoms with Gasteiger partial charge in [0.2, 0.25) is 0 Å². The summed E-state index contributed by atoms with van der Waals surface area (Å²) in [5.41, 5.74) is 0. The molecular formula is C8H15N2O+. The van der Waals surface area contributed by atoms with Gasteiger partial charge in [0, 0.05) is 26.1 Å². The highest BCUT2D eigenvalue weighted by Gasteiger charge is 2.09. The van der Waals surface area contributed by atoms with E-state index in [1.54, 1.807) is 0 Å². The van der Waals surface area contributed by atoms with Crippen molar-refractivity contribution in [1.29, 1.82) is 0 Å². The normalized spacial score (nSPS) is 19.5. The molecule has 0 atom stereocenters. The molecule has 0 unspecified atom stereocenters. The van der Waals surface area contributed by atoms with E-state index >= 15 is 0 Å². The Hall–Kier alpha value is -0.590. The minimum absolute atomic E-state index is 0.775. The number of morpholine rings is 1. The molecule has 1 rings (SSSR count). The summed E-state index contributed by atoms with van der Waals surface area (Å²) in [4.78, 5) is 5.95. The van der Waals surface area contributed by atoms with Gasteiger partial charge in [0.05, 0.1) is 13.2 Å². The number of nitrogens with zero attached hydrogens (tertiary/aromatic N) is 2. The predicted octanol–water partition coefficient (Wildman–Crippen LogP) is 0.671. The van der Waals surface area contributed by atoms with Crippen LogP contribution in [-0.2, 0) is 4.74 Å². The number of rotatable bonds is 3. The molecule has 0 aliphatic carbocycles. The van der Waals surface area contributed by atoms with Crippen LogP contribution < -0.4 is 0 Å². The van der Waals surface area contributed by atoms with Crippen LogP contribution in [-0.4, -0.2) is 44.3 Å². The fourth-order valence-electron chi connectivity index (χ4n) is 1.21. The molecule has 0 N–H and O–H groups in total. The minimum atomic E-state index is 0.775. The van der Waals surface area contributed by atoms with Crippen molar-refractivity contribution in [2.75, 3.05) is 39.4 Å². The lowest BCUT2D eigenvalue weighted by molar-refractivity contribution is 0.0379. The highest BCUT2D eigenvalue weighted by atomic mass is 16.5. The quantitative estimate of drug-likeness (QED) is 0.557. The maximum absolute atomic E-state index is 5.22. The molecule has 0 aromatic rings. The van der Waals surface area contributed by atoms with Crippen molar-refractivity contribution in [3.05, 3.63) is 4.85 Å². The Morgan fingerprint density at radius 1 is 1.36 bits per heavy atom. The van der Waals surface area contributed by atoms with Crippen molar-refractivity contribution < 1.29 is 4.74 Å². The van der Waals surface area contributed by atoms with Gasteiger partial charge >= 0.3 is 0 Å². The highest BCUT2D eigenvalue weighted by Crippen LogP contribution is 1.97. The number of hydrogen-bond acceptors (Lipinski definition) is 2. The molecule has 0 spiro atoms. The zero-order valence-electron chi connectivity index (χ0n) is 6.83. The van der Waals surface area contributed by atoms with Gasteiger partial charge in [0.1, 0.15) is 0 Å². The molecule has 0 radical (unpaired) electrons. The summed E-state index contributed by atoms with van der Waals surface area (Å²) in [5.74, 6) is 0. The molecular weight excluding hydrogens is 140 g/mol. The van der Waals surface area contributed by atoms with Crippen molar-refractivity contribution >= 4 is 0 Å². The summed E-state index contributed by atoms with van der Waals surface area (Å²) in [6.45, 7) is 10.8. The molecule has 3 heteroatoms. The SMILES string of the molecule is C#[N+]CCCN1CCOCC1. The van der Waals surface area contributed by atoms with Crippen LogP contribution in [0.4, 0.5) is 0 Å². The molecule has 1 saturated heterocycles. The molecule has 3 nitrogen and oxygen atoms in total. The lowest BCUT2D eigenvalue weighted by atomic mass is 10.3. The summed E-state index contributed by atoms with van der Waals surface area (Å²) in [5, 5.41) is 0. The lowest BCUT2D eigenvalue weighted by Gasteiger charge is -2.25. The van der Waals surface area contributed by atoms with Crippen LogP contribution in [0.15, 0.2) is 0 Å². The summed E-state index contributed by atoms with van der Waals surface area (Å²) >= 11 is 0. The molecule has 62 valence electrons. The van der Waals surface area contributed by atoms with Crippen molar-refractivity contribution in [3.8, 4) is 6.57 Å². The Bertz CT molecular complexity index is 136. The smallest absolute Gasteiger partial charge is 0.264 e. The highest BCUT2D eigenvalue weighted by molar-refractivity contribution is 4.68. The van der Waals surface area contributed by atoms with Gasteiger partial charge in [-0.3, -0.25) is 4.90 Å². The molecule has 1 heterocycles. The molecule has 1 aliphatic rings. The Morgan fingerprint density at radius 2 is 2.09 bits per heavy atom. The van der Waals surface area contributed by atoms with E-state index in [0.717, 1.165) is 45.8 Å². The van der Waals surface area contributed by atoms with E-state index in [9.17, 15) is 0 Å². The lowest BCUT2D eigenvalue weighted by Crippen LogP contribution is -2.36. The van der Waals surface area contributed by atoms with E-state index in [1.165, 1.54) is 0 Å².